The maximum absolute atomic E-state index is 14.6. The van der Waals surface area contributed by atoms with Gasteiger partial charge >= 0.3 is 12.1 Å². The summed E-state index contributed by atoms with van der Waals surface area (Å²) in [4.78, 5) is 89.8. The molecule has 5 rings (SSSR count). The second-order valence-electron chi connectivity index (χ2n) is 22.0. The summed E-state index contributed by atoms with van der Waals surface area (Å²) in [7, 11) is 4.52. The van der Waals surface area contributed by atoms with E-state index in [1.54, 1.807) is 47.3 Å². The van der Waals surface area contributed by atoms with Crippen LogP contribution in [0.3, 0.4) is 0 Å². The van der Waals surface area contributed by atoms with E-state index in [2.05, 4.69) is 10.3 Å². The predicted octanol–water partition coefficient (Wildman–Crippen LogP) is 7.55. The number of Topliss-reactive ketones (excluding diaryl/α,β-unsaturated/α-hetero) is 3. The first-order valence-corrected chi connectivity index (χ1v) is 27.5. The van der Waals surface area contributed by atoms with Gasteiger partial charge in [-0.2, -0.15) is 0 Å². The van der Waals surface area contributed by atoms with Crippen molar-refractivity contribution in [2.75, 3.05) is 34.4 Å². The van der Waals surface area contributed by atoms with Gasteiger partial charge in [0.2, 0.25) is 5.79 Å². The molecule has 76 heavy (non-hydrogen) atoms. The number of carbonyl (C=O) groups excluding carboxylic acids is 6. The standard InChI is InChI=1S/C59H87N3O14/c1-36-18-12-11-13-19-37(2)49(71-8)34-45-24-22-42(7)59(70,76-45)55(66)56(67)62-29-17-15-21-46(62)57(68)74-50(35-47(63)38(3)31-41(6)53(65)54(73-10)52(64)40(5)30-36)39(4)32-43-23-25-48(51(33-43)72-9)75-58(69)61-28-26-44-20-14-16-27-60-44/h11-14,16,18-20,27,31,36,38-40,42-43,45-46,48-51,53-54,65,70H,15,17,21-26,28-30,32-35H2,1-10H3,(H,61,69)/b13-11+,18-12-,37-19+,41-31+/t36-,38-,39-,40-,42-,43?,45+,46+,48+,49+,50+,51+,53-,54+,59-/m1/s1. The molecule has 17 heteroatoms. The van der Waals surface area contributed by atoms with Crippen molar-refractivity contribution < 1.29 is 67.4 Å². The lowest BCUT2D eigenvalue weighted by molar-refractivity contribution is -0.265. The molecule has 17 nitrogen and oxygen atoms in total. The monoisotopic (exact) mass is 1060 g/mol. The van der Waals surface area contributed by atoms with Gasteiger partial charge in [-0.15, -0.1) is 0 Å². The van der Waals surface area contributed by atoms with Crippen molar-refractivity contribution in [2.45, 2.75) is 186 Å². The first kappa shape index (κ1) is 61.9. The van der Waals surface area contributed by atoms with E-state index in [0.717, 1.165) is 11.3 Å². The number of cyclic esters (lactones) is 1. The molecular weight excluding hydrogens is 975 g/mol. The summed E-state index contributed by atoms with van der Waals surface area (Å²) < 4.78 is 35.7. The third-order valence-corrected chi connectivity index (χ3v) is 16.1. The van der Waals surface area contributed by atoms with Crippen LogP contribution < -0.4 is 5.32 Å². The highest BCUT2D eigenvalue weighted by Crippen LogP contribution is 2.38. The summed E-state index contributed by atoms with van der Waals surface area (Å²) in [6.45, 7) is 13.0. The van der Waals surface area contributed by atoms with Crippen LogP contribution in [-0.4, -0.2) is 144 Å². The quantitative estimate of drug-likeness (QED) is 0.117. The number of rotatable bonds is 10. The number of ether oxygens (including phenoxy) is 6. The SMILES string of the molecule is CO[C@H]1C[C@@H]2CC[C@@H](C)[C@@](O)(O2)C(=O)C(=O)N2CCCC[C@H]2C(=O)O[C@H]([C@H](C)CC2CC[C@H](OC(=O)NCCc3ccccn3)[C@@H](OC)C2)CC(=O)[C@H](C)/C=C(\C)[C@@H](O)[C@@H](OC)C(=O)[C@H](C)C[C@H](C)\C=C/C=C/C=C/1C. The number of carbonyl (C=O) groups is 6. The fraction of sp³-hybridized carbons (Fsp3) is 0.678. The molecule has 0 radical (unpaired) electrons. The number of aliphatic hydroxyl groups is 2. The van der Waals surface area contributed by atoms with Crippen LogP contribution in [0.4, 0.5) is 4.79 Å². The zero-order valence-electron chi connectivity index (χ0n) is 46.7. The van der Waals surface area contributed by atoms with Crippen LogP contribution >= 0.6 is 0 Å². The molecule has 4 aliphatic rings. The number of hydrogen-bond donors (Lipinski definition) is 3. The molecule has 3 aliphatic heterocycles. The maximum Gasteiger partial charge on any atom is 0.407 e. The summed E-state index contributed by atoms with van der Waals surface area (Å²) in [5.41, 5.74) is 2.08. The Balaban J connectivity index is 1.41. The smallest absolute Gasteiger partial charge is 0.407 e. The van der Waals surface area contributed by atoms with E-state index in [0.29, 0.717) is 82.7 Å². The van der Waals surface area contributed by atoms with Crippen molar-refractivity contribution >= 4 is 35.3 Å². The zero-order chi connectivity index (χ0) is 55.7. The third-order valence-electron chi connectivity index (χ3n) is 16.1. The number of hydrogen-bond acceptors (Lipinski definition) is 15. The molecule has 2 bridgehead atoms. The average molecular weight is 1060 g/mol. The molecule has 1 unspecified atom stereocenters. The van der Waals surface area contributed by atoms with E-state index in [1.807, 2.05) is 76.3 Å². The van der Waals surface area contributed by atoms with E-state index < -0.39 is 102 Å². The molecule has 1 aromatic heterocycles. The highest BCUT2D eigenvalue weighted by atomic mass is 16.6. The molecule has 4 heterocycles. The van der Waals surface area contributed by atoms with Gasteiger partial charge in [0.15, 0.2) is 5.78 Å². The Morgan fingerprint density at radius 2 is 1.66 bits per heavy atom. The molecule has 1 aromatic rings. The minimum Gasteiger partial charge on any atom is -0.460 e. The number of pyridine rings is 1. The molecule has 3 fully saturated rings. The summed E-state index contributed by atoms with van der Waals surface area (Å²) in [6.07, 6.45) is 12.3. The fourth-order valence-electron chi connectivity index (χ4n) is 11.3. The number of nitrogens with one attached hydrogen (secondary N) is 1. The zero-order valence-corrected chi connectivity index (χ0v) is 46.7. The van der Waals surface area contributed by atoms with Crippen LogP contribution in [-0.2, 0) is 58.8 Å². The van der Waals surface area contributed by atoms with Crippen molar-refractivity contribution in [3.63, 3.8) is 0 Å². The number of methoxy groups -OCH3 is 3. The Morgan fingerprint density at radius 3 is 2.36 bits per heavy atom. The van der Waals surface area contributed by atoms with Gasteiger partial charge in [-0.05, 0) is 119 Å². The van der Waals surface area contributed by atoms with Crippen LogP contribution in [0.5, 0.6) is 0 Å². The Morgan fingerprint density at radius 1 is 0.895 bits per heavy atom. The van der Waals surface area contributed by atoms with Crippen molar-refractivity contribution in [1.29, 1.82) is 0 Å². The average Bonchev–Trinajstić information content (AvgIpc) is 3.40. The van der Waals surface area contributed by atoms with Gasteiger partial charge in [0.05, 0.1) is 18.3 Å². The lowest BCUT2D eigenvalue weighted by atomic mass is 9.78. The van der Waals surface area contributed by atoms with Gasteiger partial charge < -0.3 is 48.9 Å². The number of allylic oxidation sites excluding steroid dienone is 6. The Labute approximate surface area is 450 Å². The molecule has 422 valence electrons. The molecule has 1 saturated carbocycles. The van der Waals surface area contributed by atoms with Gasteiger partial charge in [0, 0.05) is 83.3 Å². The number of aromatic nitrogens is 1. The molecule has 2 saturated heterocycles. The third kappa shape index (κ3) is 17.0. The Hall–Kier alpha value is -4.91. The van der Waals surface area contributed by atoms with Gasteiger partial charge in [0.25, 0.3) is 11.7 Å². The molecule has 15 atom stereocenters. The lowest BCUT2D eigenvalue weighted by Crippen LogP contribution is -2.61. The van der Waals surface area contributed by atoms with Gasteiger partial charge in [-0.1, -0.05) is 77.1 Å². The van der Waals surface area contributed by atoms with Crippen molar-refractivity contribution in [3.8, 4) is 0 Å². The summed E-state index contributed by atoms with van der Waals surface area (Å²) in [5, 5.41) is 26.4. The molecule has 0 aromatic carbocycles. The molecule has 1 aliphatic carbocycles. The van der Waals surface area contributed by atoms with Crippen LogP contribution in [0.15, 0.2) is 72.0 Å². The first-order chi connectivity index (χ1) is 36.2. The normalized spacial score (nSPS) is 36.1. The molecular formula is C59H87N3O14. The largest absolute Gasteiger partial charge is 0.460 e. The van der Waals surface area contributed by atoms with Crippen molar-refractivity contribution in [1.82, 2.24) is 15.2 Å². The second kappa shape index (κ2) is 29.7. The topological polar surface area (TPSA) is 226 Å². The lowest BCUT2D eigenvalue weighted by Gasteiger charge is -2.42. The first-order valence-electron chi connectivity index (χ1n) is 27.5. The van der Waals surface area contributed by atoms with Gasteiger partial charge in [0.1, 0.15) is 36.2 Å². The molecule has 3 N–H and O–H groups in total. The summed E-state index contributed by atoms with van der Waals surface area (Å²) in [6, 6.07) is 4.42. The minimum atomic E-state index is -2.46. The van der Waals surface area contributed by atoms with Crippen molar-refractivity contribution in [2.24, 2.45) is 35.5 Å². The molecule has 2 amide bonds. The fourth-order valence-corrected chi connectivity index (χ4v) is 11.3. The van der Waals surface area contributed by atoms with Crippen molar-refractivity contribution in [3.05, 3.63) is 77.7 Å². The Kier molecular flexibility index (Phi) is 24.2. The summed E-state index contributed by atoms with van der Waals surface area (Å²) in [5.74, 6) is -8.34. The number of piperidine rings is 1. The van der Waals surface area contributed by atoms with E-state index in [1.165, 1.54) is 12.0 Å². The van der Waals surface area contributed by atoms with E-state index in [9.17, 15) is 39.0 Å². The van der Waals surface area contributed by atoms with Gasteiger partial charge in [-0.3, -0.25) is 24.2 Å². The predicted molar refractivity (Wildman–Crippen MR) is 285 cm³/mol. The number of aliphatic hydroxyl groups excluding tert-OH is 1. The van der Waals surface area contributed by atoms with Crippen LogP contribution in [0.25, 0.3) is 0 Å². The number of ketones is 3. The number of fused-ring (bicyclic) bond motifs is 3. The van der Waals surface area contributed by atoms with Gasteiger partial charge in [-0.25, -0.2) is 9.59 Å². The van der Waals surface area contributed by atoms with Crippen LogP contribution in [0.2, 0.25) is 0 Å². The second-order valence-corrected chi connectivity index (χ2v) is 22.0. The van der Waals surface area contributed by atoms with Crippen LogP contribution in [0.1, 0.15) is 131 Å². The number of alkyl carbamates (subject to hydrolysis) is 1. The minimum absolute atomic E-state index is 0.00205. The van der Waals surface area contributed by atoms with Crippen LogP contribution in [0, 0.1) is 35.5 Å². The van der Waals surface area contributed by atoms with E-state index in [4.69, 9.17) is 28.4 Å². The van der Waals surface area contributed by atoms with E-state index in [-0.39, 0.29) is 42.8 Å². The number of esters is 1. The number of nitrogens with zero attached hydrogens (tertiary/aromatic N) is 2. The highest BCUT2D eigenvalue weighted by molar-refractivity contribution is 6.39. The summed E-state index contributed by atoms with van der Waals surface area (Å²) >= 11 is 0. The molecule has 0 spiro atoms. The number of amides is 2. The van der Waals surface area contributed by atoms with E-state index >= 15 is 0 Å². The maximum atomic E-state index is 14.6. The Bertz CT molecular complexity index is 2230. The highest BCUT2D eigenvalue weighted by Gasteiger charge is 2.53.